The molecule has 1 aromatic carbocycles. The van der Waals surface area contributed by atoms with E-state index < -0.39 is 0 Å². The molecule has 3 nitrogen and oxygen atoms in total. The number of hydrogen-bond donors (Lipinski definition) is 0. The van der Waals surface area contributed by atoms with E-state index in [-0.39, 0.29) is 0 Å². The van der Waals surface area contributed by atoms with Crippen LogP contribution in [0.3, 0.4) is 0 Å². The van der Waals surface area contributed by atoms with Crippen molar-refractivity contribution in [2.45, 2.75) is 6.61 Å². The predicted molar refractivity (Wildman–Crippen MR) is 80.3 cm³/mol. The van der Waals surface area contributed by atoms with Crippen LogP contribution in [-0.2, 0) is 6.61 Å². The Bertz CT molecular complexity index is 762. The molecule has 0 fully saturated rings. The molecule has 0 aliphatic rings. The van der Waals surface area contributed by atoms with Crippen LogP contribution in [-0.4, -0.2) is 9.97 Å². The summed E-state index contributed by atoms with van der Waals surface area (Å²) < 4.78 is 5.69. The van der Waals surface area contributed by atoms with Gasteiger partial charge in [-0.3, -0.25) is 4.98 Å². The Morgan fingerprint density at radius 1 is 0.950 bits per heavy atom. The smallest absolute Gasteiger partial charge is 0.171 e. The summed E-state index contributed by atoms with van der Waals surface area (Å²) in [6, 6.07) is 11.1. The van der Waals surface area contributed by atoms with Crippen molar-refractivity contribution in [2.24, 2.45) is 0 Å². The maximum Gasteiger partial charge on any atom is 0.171 e. The highest BCUT2D eigenvalue weighted by atomic mass is 35.5. The second-order valence-corrected chi connectivity index (χ2v) is 4.95. The van der Waals surface area contributed by atoms with E-state index in [0.717, 1.165) is 16.5 Å². The molecular formula is C15H10Cl2N2O. The Morgan fingerprint density at radius 2 is 1.75 bits per heavy atom. The molecule has 0 unspecified atom stereocenters. The molecule has 0 aliphatic carbocycles. The molecule has 0 atom stereocenters. The van der Waals surface area contributed by atoms with Gasteiger partial charge >= 0.3 is 0 Å². The van der Waals surface area contributed by atoms with Gasteiger partial charge in [-0.05, 0) is 30.3 Å². The molecule has 0 saturated carbocycles. The fourth-order valence-corrected chi connectivity index (χ4v) is 2.34. The van der Waals surface area contributed by atoms with Crippen LogP contribution >= 0.6 is 23.2 Å². The SMILES string of the molecule is Clc1ncccc1OCc1ccc(Cl)c2cccnc12. The highest BCUT2D eigenvalue weighted by Gasteiger charge is 2.07. The molecule has 2 heterocycles. The van der Waals surface area contributed by atoms with Gasteiger partial charge < -0.3 is 4.74 Å². The molecule has 3 aromatic rings. The van der Waals surface area contributed by atoms with Crippen LogP contribution in [0.5, 0.6) is 5.75 Å². The van der Waals surface area contributed by atoms with E-state index in [0.29, 0.717) is 22.5 Å². The van der Waals surface area contributed by atoms with Gasteiger partial charge in [0.05, 0.1) is 5.52 Å². The number of rotatable bonds is 3. The Kier molecular flexibility index (Phi) is 3.72. The maximum absolute atomic E-state index is 6.16. The lowest BCUT2D eigenvalue weighted by Gasteiger charge is -2.09. The molecule has 0 saturated heterocycles. The number of fused-ring (bicyclic) bond motifs is 1. The van der Waals surface area contributed by atoms with Gasteiger partial charge in [-0.2, -0.15) is 0 Å². The number of nitrogens with zero attached hydrogens (tertiary/aromatic N) is 2. The number of ether oxygens (including phenoxy) is 1. The van der Waals surface area contributed by atoms with E-state index in [9.17, 15) is 0 Å². The molecule has 5 heteroatoms. The first-order chi connectivity index (χ1) is 9.75. The molecular weight excluding hydrogens is 295 g/mol. The van der Waals surface area contributed by atoms with Crippen LogP contribution in [0.2, 0.25) is 10.2 Å². The summed E-state index contributed by atoms with van der Waals surface area (Å²) in [7, 11) is 0. The first kappa shape index (κ1) is 13.2. The van der Waals surface area contributed by atoms with Crippen molar-refractivity contribution in [1.29, 1.82) is 0 Å². The molecule has 0 amide bonds. The van der Waals surface area contributed by atoms with E-state index in [2.05, 4.69) is 9.97 Å². The monoisotopic (exact) mass is 304 g/mol. The fraction of sp³-hybridized carbons (Fsp3) is 0.0667. The molecule has 100 valence electrons. The van der Waals surface area contributed by atoms with Crippen LogP contribution in [0.25, 0.3) is 10.9 Å². The summed E-state index contributed by atoms with van der Waals surface area (Å²) in [4.78, 5) is 8.34. The van der Waals surface area contributed by atoms with Crippen molar-refractivity contribution in [3.63, 3.8) is 0 Å². The summed E-state index contributed by atoms with van der Waals surface area (Å²) in [5.41, 5.74) is 1.78. The van der Waals surface area contributed by atoms with Crippen molar-refractivity contribution < 1.29 is 4.74 Å². The average molecular weight is 305 g/mol. The minimum absolute atomic E-state index is 0.346. The third-order valence-electron chi connectivity index (χ3n) is 2.91. The molecule has 2 aromatic heterocycles. The van der Waals surface area contributed by atoms with Gasteiger partial charge in [-0.25, -0.2) is 4.98 Å². The molecule has 20 heavy (non-hydrogen) atoms. The van der Waals surface area contributed by atoms with Crippen LogP contribution in [0.15, 0.2) is 48.8 Å². The lowest BCUT2D eigenvalue weighted by molar-refractivity contribution is 0.306. The predicted octanol–water partition coefficient (Wildman–Crippen LogP) is 4.52. The maximum atomic E-state index is 6.16. The van der Waals surface area contributed by atoms with Crippen molar-refractivity contribution in [3.05, 3.63) is 64.5 Å². The van der Waals surface area contributed by atoms with Gasteiger partial charge in [-0.1, -0.05) is 29.3 Å². The van der Waals surface area contributed by atoms with Gasteiger partial charge in [0.25, 0.3) is 0 Å². The Hall–Kier alpha value is -1.84. The van der Waals surface area contributed by atoms with Crippen LogP contribution in [0.4, 0.5) is 0 Å². The summed E-state index contributed by atoms with van der Waals surface area (Å²) in [6.07, 6.45) is 3.35. The van der Waals surface area contributed by atoms with Crippen molar-refractivity contribution in [2.75, 3.05) is 0 Å². The highest BCUT2D eigenvalue weighted by molar-refractivity contribution is 6.35. The van der Waals surface area contributed by atoms with Gasteiger partial charge in [0.2, 0.25) is 0 Å². The van der Waals surface area contributed by atoms with Crippen LogP contribution < -0.4 is 4.74 Å². The molecule has 0 aliphatic heterocycles. The lowest BCUT2D eigenvalue weighted by atomic mass is 10.1. The van der Waals surface area contributed by atoms with Gasteiger partial charge in [0.15, 0.2) is 10.9 Å². The highest BCUT2D eigenvalue weighted by Crippen LogP contribution is 2.27. The zero-order valence-electron chi connectivity index (χ0n) is 10.4. The third-order valence-corrected chi connectivity index (χ3v) is 3.52. The van der Waals surface area contributed by atoms with Crippen molar-refractivity contribution in [1.82, 2.24) is 9.97 Å². The number of halogens is 2. The molecule has 0 N–H and O–H groups in total. The largest absolute Gasteiger partial charge is 0.486 e. The number of hydrogen-bond acceptors (Lipinski definition) is 3. The summed E-state index contributed by atoms with van der Waals surface area (Å²) in [5, 5.41) is 1.93. The third kappa shape index (κ3) is 2.55. The van der Waals surface area contributed by atoms with Crippen LogP contribution in [0, 0.1) is 0 Å². The van der Waals surface area contributed by atoms with E-state index in [4.69, 9.17) is 27.9 Å². The molecule has 0 radical (unpaired) electrons. The minimum atomic E-state index is 0.346. The van der Waals surface area contributed by atoms with Crippen molar-refractivity contribution >= 4 is 34.1 Å². The minimum Gasteiger partial charge on any atom is -0.486 e. The van der Waals surface area contributed by atoms with Crippen LogP contribution in [0.1, 0.15) is 5.56 Å². The number of pyridine rings is 2. The standard InChI is InChI=1S/C15H10Cl2N2O/c16-12-6-5-10(14-11(12)3-1-7-18-14)9-20-13-4-2-8-19-15(13)17/h1-8H,9H2. The first-order valence-corrected chi connectivity index (χ1v) is 6.77. The van der Waals surface area contributed by atoms with Crippen molar-refractivity contribution in [3.8, 4) is 5.75 Å². The van der Waals surface area contributed by atoms with Gasteiger partial charge in [0, 0.05) is 28.4 Å². The Labute approximate surface area is 126 Å². The number of aromatic nitrogens is 2. The zero-order chi connectivity index (χ0) is 13.9. The molecule has 0 bridgehead atoms. The average Bonchev–Trinajstić information content (AvgIpc) is 2.48. The topological polar surface area (TPSA) is 35.0 Å². The van der Waals surface area contributed by atoms with E-state index in [1.165, 1.54) is 0 Å². The van der Waals surface area contributed by atoms with E-state index >= 15 is 0 Å². The lowest BCUT2D eigenvalue weighted by Crippen LogP contribution is -1.98. The van der Waals surface area contributed by atoms with Gasteiger partial charge in [-0.15, -0.1) is 0 Å². The molecule has 0 spiro atoms. The summed E-state index contributed by atoms with van der Waals surface area (Å²) >= 11 is 12.1. The van der Waals surface area contributed by atoms with Gasteiger partial charge in [0.1, 0.15) is 6.61 Å². The Morgan fingerprint density at radius 3 is 2.60 bits per heavy atom. The fourth-order valence-electron chi connectivity index (χ4n) is 1.95. The second kappa shape index (κ2) is 5.65. The molecule has 3 rings (SSSR count). The first-order valence-electron chi connectivity index (χ1n) is 6.01. The summed E-state index contributed by atoms with van der Waals surface area (Å²) in [6.45, 7) is 0.357. The quantitative estimate of drug-likeness (QED) is 0.668. The second-order valence-electron chi connectivity index (χ2n) is 4.19. The summed E-state index contributed by atoms with van der Waals surface area (Å²) in [5.74, 6) is 0.549. The van der Waals surface area contributed by atoms with E-state index in [1.54, 1.807) is 24.5 Å². The van der Waals surface area contributed by atoms with E-state index in [1.807, 2.05) is 24.3 Å². The zero-order valence-corrected chi connectivity index (χ0v) is 11.9. The normalized spacial score (nSPS) is 10.7. The number of benzene rings is 1. The Balaban J connectivity index is 1.92.